The summed E-state index contributed by atoms with van der Waals surface area (Å²) in [5.41, 5.74) is 5.46. The number of amides is 3. The normalized spacial score (nSPS) is 24.0. The highest BCUT2D eigenvalue weighted by Gasteiger charge is 2.71. The monoisotopic (exact) mass is 530 g/mol. The Morgan fingerprint density at radius 3 is 2.31 bits per heavy atom. The lowest BCUT2D eigenvalue weighted by atomic mass is 10.0. The third-order valence-corrected chi connectivity index (χ3v) is 8.53. The van der Waals surface area contributed by atoms with Gasteiger partial charge in [0.15, 0.2) is 11.5 Å². The van der Waals surface area contributed by atoms with Crippen LogP contribution in [0.5, 0.6) is 23.0 Å². The number of carbonyl (C=O) groups excluding carboxylic acids is 3. The lowest BCUT2D eigenvalue weighted by Gasteiger charge is -2.26. The molecule has 3 fully saturated rings. The Labute approximate surface area is 225 Å². The third-order valence-electron chi connectivity index (χ3n) is 8.53. The van der Waals surface area contributed by atoms with E-state index in [1.807, 2.05) is 13.0 Å². The van der Waals surface area contributed by atoms with Crippen LogP contribution < -0.4 is 25.3 Å². The summed E-state index contributed by atoms with van der Waals surface area (Å²) in [4.78, 5) is 44.3. The summed E-state index contributed by atoms with van der Waals surface area (Å²) in [6, 6.07) is 12.4. The molecule has 3 amide bonds. The first-order chi connectivity index (χ1) is 18.7. The first-order valence-electron chi connectivity index (χ1n) is 12.9. The number of aromatic nitrogens is 1. The molecule has 1 aliphatic heterocycles. The lowest BCUT2D eigenvalue weighted by Crippen LogP contribution is -2.44. The van der Waals surface area contributed by atoms with Crippen LogP contribution in [0.3, 0.4) is 0 Å². The van der Waals surface area contributed by atoms with Gasteiger partial charge in [-0.1, -0.05) is 6.92 Å². The molecule has 6 rings (SSSR count). The van der Waals surface area contributed by atoms with Gasteiger partial charge in [0.2, 0.25) is 17.7 Å². The summed E-state index contributed by atoms with van der Waals surface area (Å²) in [6.45, 7) is 2.94. The van der Waals surface area contributed by atoms with E-state index in [0.29, 0.717) is 60.1 Å². The van der Waals surface area contributed by atoms with Gasteiger partial charge < -0.3 is 30.2 Å². The zero-order valence-corrected chi connectivity index (χ0v) is 22.0. The average molecular weight is 531 g/mol. The summed E-state index contributed by atoms with van der Waals surface area (Å²) in [5.74, 6) is 1.44. The smallest absolute Gasteiger partial charge is 0.240 e. The summed E-state index contributed by atoms with van der Waals surface area (Å²) in [6.07, 6.45) is 2.68. The average Bonchev–Trinajstić information content (AvgIpc) is 3.82. The van der Waals surface area contributed by atoms with Crippen LogP contribution >= 0.6 is 0 Å². The van der Waals surface area contributed by atoms with Crippen LogP contribution in [0.25, 0.3) is 10.9 Å². The maximum Gasteiger partial charge on any atom is 0.240 e. The maximum absolute atomic E-state index is 13.3. The molecule has 3 aliphatic rings. The molecule has 0 bridgehead atoms. The second-order valence-corrected chi connectivity index (χ2v) is 10.9. The first-order valence-corrected chi connectivity index (χ1v) is 12.9. The van der Waals surface area contributed by atoms with E-state index in [2.05, 4.69) is 10.3 Å². The Bertz CT molecular complexity index is 1500. The minimum absolute atomic E-state index is 0.0889. The van der Waals surface area contributed by atoms with E-state index in [9.17, 15) is 14.4 Å². The molecule has 3 atom stereocenters. The molecular weight excluding hydrogens is 500 g/mol. The minimum Gasteiger partial charge on any atom is -0.493 e. The lowest BCUT2D eigenvalue weighted by molar-refractivity contribution is -0.142. The van der Waals surface area contributed by atoms with Crippen LogP contribution in [0, 0.1) is 22.7 Å². The number of fused-ring (bicyclic) bond motifs is 2. The quantitative estimate of drug-likeness (QED) is 0.427. The fourth-order valence-electron chi connectivity index (χ4n) is 6.07. The second kappa shape index (κ2) is 8.86. The zero-order valence-electron chi connectivity index (χ0n) is 22.0. The number of hydrogen-bond donors (Lipinski definition) is 2. The highest BCUT2D eigenvalue weighted by molar-refractivity contribution is 6.13. The summed E-state index contributed by atoms with van der Waals surface area (Å²) in [5, 5.41) is 3.66. The number of anilines is 1. The van der Waals surface area contributed by atoms with Gasteiger partial charge in [-0.15, -0.1) is 0 Å². The van der Waals surface area contributed by atoms with Crippen LogP contribution in [0.1, 0.15) is 19.8 Å². The molecule has 0 radical (unpaired) electrons. The Morgan fingerprint density at radius 2 is 1.72 bits per heavy atom. The number of benzene rings is 2. The van der Waals surface area contributed by atoms with E-state index >= 15 is 0 Å². The maximum atomic E-state index is 13.3. The zero-order chi connectivity index (χ0) is 27.5. The van der Waals surface area contributed by atoms with Gasteiger partial charge in [0.05, 0.1) is 25.7 Å². The molecule has 3 aromatic rings. The van der Waals surface area contributed by atoms with Crippen LogP contribution in [0.4, 0.5) is 5.69 Å². The molecule has 2 aromatic carbocycles. The van der Waals surface area contributed by atoms with Crippen molar-refractivity contribution in [2.45, 2.75) is 19.8 Å². The highest BCUT2D eigenvalue weighted by atomic mass is 16.5. The topological polar surface area (TPSA) is 133 Å². The van der Waals surface area contributed by atoms with Crippen LogP contribution in [0.2, 0.25) is 0 Å². The molecule has 2 saturated carbocycles. The standard InChI is InChI=1S/C29H30N4O6/c1-28-15-33(14-19(28)24(28)25(30)34)27(36)29(9-10-29)26(35)32-16-4-6-17(7-5-16)39-21-8-11-31-20-13-23(38-3)22(37-2)12-18(20)21/h4-8,11-13,19,24H,9-10,14-15H2,1-3H3,(H2,30,34)(H,32,35)/t19-,24+,28?/m0/s1. The van der Waals surface area contributed by atoms with Gasteiger partial charge in [0, 0.05) is 41.8 Å². The molecule has 2 aliphatic carbocycles. The highest BCUT2D eigenvalue weighted by Crippen LogP contribution is 2.63. The molecule has 1 aromatic heterocycles. The van der Waals surface area contributed by atoms with Crippen molar-refractivity contribution in [3.8, 4) is 23.0 Å². The molecule has 202 valence electrons. The molecule has 1 unspecified atom stereocenters. The van der Waals surface area contributed by atoms with Crippen molar-refractivity contribution in [2.24, 2.45) is 28.4 Å². The number of nitrogens with two attached hydrogens (primary N) is 1. The number of hydrogen-bond acceptors (Lipinski definition) is 7. The number of nitrogens with one attached hydrogen (secondary N) is 1. The predicted octanol–water partition coefficient (Wildman–Crippen LogP) is 3.34. The molecule has 10 heteroatoms. The number of likely N-dealkylation sites (tertiary alicyclic amines) is 1. The van der Waals surface area contributed by atoms with Gasteiger partial charge >= 0.3 is 0 Å². The molecule has 39 heavy (non-hydrogen) atoms. The van der Waals surface area contributed by atoms with Crippen molar-refractivity contribution in [3.05, 3.63) is 48.7 Å². The first kappa shape index (κ1) is 25.0. The minimum atomic E-state index is -1.04. The van der Waals surface area contributed by atoms with Gasteiger partial charge in [0.1, 0.15) is 16.9 Å². The number of primary amides is 1. The Balaban J connectivity index is 1.12. The summed E-state index contributed by atoms with van der Waals surface area (Å²) in [7, 11) is 3.14. The fraction of sp³-hybridized carbons (Fsp3) is 0.379. The second-order valence-electron chi connectivity index (χ2n) is 10.9. The number of rotatable bonds is 8. The molecule has 1 saturated heterocycles. The van der Waals surface area contributed by atoms with Crippen molar-refractivity contribution in [1.82, 2.24) is 9.88 Å². The van der Waals surface area contributed by atoms with Crippen molar-refractivity contribution in [3.63, 3.8) is 0 Å². The van der Waals surface area contributed by atoms with Gasteiger partial charge in [-0.25, -0.2) is 0 Å². The molecule has 0 spiro atoms. The Morgan fingerprint density at radius 1 is 1.03 bits per heavy atom. The van der Waals surface area contributed by atoms with Gasteiger partial charge in [-0.3, -0.25) is 19.4 Å². The third kappa shape index (κ3) is 4.02. The van der Waals surface area contributed by atoms with Crippen molar-refractivity contribution < 1.29 is 28.6 Å². The Kier molecular flexibility index (Phi) is 5.67. The number of nitrogens with zero attached hydrogens (tertiary/aromatic N) is 2. The molecular formula is C29H30N4O6. The SMILES string of the molecule is COc1cc2nccc(Oc3ccc(NC(=O)C4(C(=O)N5C[C@H]6[C@H](C(N)=O)C6(C)C5)CC4)cc3)c2cc1OC. The molecule has 2 heterocycles. The van der Waals surface area contributed by atoms with Crippen LogP contribution in [-0.4, -0.2) is 54.9 Å². The van der Waals surface area contributed by atoms with Crippen LogP contribution in [-0.2, 0) is 14.4 Å². The molecule has 10 nitrogen and oxygen atoms in total. The number of pyridine rings is 1. The van der Waals surface area contributed by atoms with E-state index in [1.165, 1.54) is 0 Å². The summed E-state index contributed by atoms with van der Waals surface area (Å²) >= 11 is 0. The molecule has 3 N–H and O–H groups in total. The van der Waals surface area contributed by atoms with Gasteiger partial charge in [-0.2, -0.15) is 0 Å². The Hall–Kier alpha value is -4.34. The van der Waals surface area contributed by atoms with Gasteiger partial charge in [-0.05, 0) is 55.2 Å². The van der Waals surface area contributed by atoms with Crippen molar-refractivity contribution in [2.75, 3.05) is 32.6 Å². The largest absolute Gasteiger partial charge is 0.493 e. The van der Waals surface area contributed by atoms with Crippen molar-refractivity contribution >= 4 is 34.3 Å². The fourth-order valence-corrected chi connectivity index (χ4v) is 6.07. The van der Waals surface area contributed by atoms with E-state index in [0.717, 1.165) is 5.39 Å². The number of methoxy groups -OCH3 is 2. The summed E-state index contributed by atoms with van der Waals surface area (Å²) < 4.78 is 16.9. The van der Waals surface area contributed by atoms with Crippen LogP contribution in [0.15, 0.2) is 48.7 Å². The van der Waals surface area contributed by atoms with E-state index in [-0.39, 0.29) is 35.0 Å². The predicted molar refractivity (Wildman–Crippen MR) is 143 cm³/mol. The number of carbonyl (C=O) groups is 3. The number of ether oxygens (including phenoxy) is 3. The van der Waals surface area contributed by atoms with Crippen molar-refractivity contribution in [1.29, 1.82) is 0 Å². The van der Waals surface area contributed by atoms with E-state index < -0.39 is 5.41 Å². The van der Waals surface area contributed by atoms with Gasteiger partial charge in [0.25, 0.3) is 0 Å². The van der Waals surface area contributed by atoms with E-state index in [4.69, 9.17) is 19.9 Å². The van der Waals surface area contributed by atoms with E-state index in [1.54, 1.807) is 61.7 Å². The number of piperidine rings is 1.